The maximum absolute atomic E-state index is 12.5. The summed E-state index contributed by atoms with van der Waals surface area (Å²) in [5, 5.41) is 10.0. The first-order chi connectivity index (χ1) is 14.5. The molecule has 1 fully saturated rings. The van der Waals surface area contributed by atoms with Gasteiger partial charge in [-0.2, -0.15) is 4.98 Å². The summed E-state index contributed by atoms with van der Waals surface area (Å²) in [6.45, 7) is 7.46. The first-order valence-corrected chi connectivity index (χ1v) is 10.2. The summed E-state index contributed by atoms with van der Waals surface area (Å²) < 4.78 is 5.07. The van der Waals surface area contributed by atoms with Gasteiger partial charge in [0.25, 0.3) is 5.91 Å². The van der Waals surface area contributed by atoms with E-state index in [9.17, 15) is 4.79 Å². The number of benzene rings is 1. The summed E-state index contributed by atoms with van der Waals surface area (Å²) in [5.74, 6) is 1.81. The average Bonchev–Trinajstić information content (AvgIpc) is 3.08. The van der Waals surface area contributed by atoms with Crippen LogP contribution in [0.3, 0.4) is 0 Å². The molecule has 0 spiro atoms. The lowest BCUT2D eigenvalue weighted by Crippen LogP contribution is -2.31. The summed E-state index contributed by atoms with van der Waals surface area (Å²) >= 11 is 0. The van der Waals surface area contributed by atoms with Crippen LogP contribution in [0.15, 0.2) is 34.9 Å². The highest BCUT2D eigenvalue weighted by atomic mass is 16.5. The summed E-state index contributed by atoms with van der Waals surface area (Å²) in [7, 11) is 0. The van der Waals surface area contributed by atoms with Crippen LogP contribution in [0.5, 0.6) is 0 Å². The minimum absolute atomic E-state index is 0.232. The van der Waals surface area contributed by atoms with Gasteiger partial charge in [-0.25, -0.2) is 4.98 Å². The number of anilines is 4. The van der Waals surface area contributed by atoms with E-state index in [4.69, 9.17) is 9.51 Å². The van der Waals surface area contributed by atoms with Crippen LogP contribution >= 0.6 is 0 Å². The number of aryl methyl sites for hydroxylation is 3. The van der Waals surface area contributed by atoms with Crippen molar-refractivity contribution in [3.8, 4) is 0 Å². The Hall–Kier alpha value is -3.42. The van der Waals surface area contributed by atoms with Gasteiger partial charge in [0, 0.05) is 36.2 Å². The summed E-state index contributed by atoms with van der Waals surface area (Å²) in [6.07, 6.45) is 3.63. The molecule has 0 radical (unpaired) electrons. The molecule has 3 heterocycles. The molecule has 156 valence electrons. The van der Waals surface area contributed by atoms with Crippen molar-refractivity contribution in [3.63, 3.8) is 0 Å². The fourth-order valence-electron chi connectivity index (χ4n) is 3.64. The van der Waals surface area contributed by atoms with Crippen LogP contribution in [-0.2, 0) is 0 Å². The van der Waals surface area contributed by atoms with Gasteiger partial charge < -0.3 is 20.1 Å². The molecular formula is C22H26N6O2. The normalized spacial score (nSPS) is 13.9. The van der Waals surface area contributed by atoms with Crippen LogP contribution in [0.2, 0.25) is 0 Å². The predicted octanol–water partition coefficient (Wildman–Crippen LogP) is 4.38. The number of hydrogen-bond donors (Lipinski definition) is 2. The Balaban J connectivity index is 1.45. The highest BCUT2D eigenvalue weighted by Gasteiger charge is 2.18. The average molecular weight is 406 g/mol. The molecule has 1 aromatic carbocycles. The van der Waals surface area contributed by atoms with Gasteiger partial charge in [-0.1, -0.05) is 5.16 Å². The Bertz CT molecular complexity index is 1020. The first kappa shape index (κ1) is 19.9. The summed E-state index contributed by atoms with van der Waals surface area (Å²) in [4.78, 5) is 24.0. The van der Waals surface area contributed by atoms with Crippen molar-refractivity contribution in [2.45, 2.75) is 40.0 Å². The van der Waals surface area contributed by atoms with Gasteiger partial charge in [0.2, 0.25) is 5.95 Å². The van der Waals surface area contributed by atoms with E-state index < -0.39 is 0 Å². The van der Waals surface area contributed by atoms with Crippen molar-refractivity contribution < 1.29 is 9.32 Å². The molecule has 8 nitrogen and oxygen atoms in total. The third kappa shape index (κ3) is 4.42. The van der Waals surface area contributed by atoms with E-state index in [0.717, 1.165) is 36.2 Å². The zero-order valence-electron chi connectivity index (χ0n) is 17.5. The maximum Gasteiger partial charge on any atom is 0.261 e. The Morgan fingerprint density at radius 1 is 1.00 bits per heavy atom. The van der Waals surface area contributed by atoms with Crippen LogP contribution in [0.25, 0.3) is 0 Å². The quantitative estimate of drug-likeness (QED) is 0.649. The van der Waals surface area contributed by atoms with Crippen molar-refractivity contribution in [1.29, 1.82) is 0 Å². The highest BCUT2D eigenvalue weighted by Crippen LogP contribution is 2.23. The molecule has 2 N–H and O–H groups in total. The van der Waals surface area contributed by atoms with Gasteiger partial charge in [-0.15, -0.1) is 0 Å². The summed E-state index contributed by atoms with van der Waals surface area (Å²) in [6, 6.07) is 9.43. The molecule has 1 aliphatic rings. The standard InChI is InChI=1S/C22H26N6O2/c1-14-13-19(26-22(23-14)28-11-5-4-6-12-28)24-17-7-9-18(10-8-17)25-21(29)20-15(2)27-30-16(20)3/h7-10,13H,4-6,11-12H2,1-3H3,(H,25,29)(H,23,24,26). The fraction of sp³-hybridized carbons (Fsp3) is 0.364. The molecule has 0 aliphatic carbocycles. The van der Waals surface area contributed by atoms with Crippen LogP contribution in [0.4, 0.5) is 23.1 Å². The zero-order valence-corrected chi connectivity index (χ0v) is 17.5. The molecule has 1 amide bonds. The third-order valence-corrected chi connectivity index (χ3v) is 5.16. The van der Waals surface area contributed by atoms with E-state index in [1.54, 1.807) is 13.8 Å². The number of carbonyl (C=O) groups excluding carboxylic acids is 1. The van der Waals surface area contributed by atoms with Crippen molar-refractivity contribution in [2.75, 3.05) is 28.6 Å². The Kier molecular flexibility index (Phi) is 5.65. The molecule has 0 saturated carbocycles. The van der Waals surface area contributed by atoms with Crippen LogP contribution in [-0.4, -0.2) is 34.1 Å². The van der Waals surface area contributed by atoms with Gasteiger partial charge in [0.05, 0.1) is 5.69 Å². The molecule has 3 aromatic rings. The van der Waals surface area contributed by atoms with Crippen LogP contribution in [0, 0.1) is 20.8 Å². The Morgan fingerprint density at radius 3 is 2.37 bits per heavy atom. The second-order valence-corrected chi connectivity index (χ2v) is 7.60. The van der Waals surface area contributed by atoms with Crippen molar-refractivity contribution in [1.82, 2.24) is 15.1 Å². The van der Waals surface area contributed by atoms with Crippen LogP contribution in [0.1, 0.15) is 46.8 Å². The van der Waals surface area contributed by atoms with E-state index in [0.29, 0.717) is 22.7 Å². The topological polar surface area (TPSA) is 96.2 Å². The number of piperidine rings is 1. The smallest absolute Gasteiger partial charge is 0.261 e. The minimum atomic E-state index is -0.232. The number of rotatable bonds is 5. The lowest BCUT2D eigenvalue weighted by Gasteiger charge is -2.27. The Morgan fingerprint density at radius 2 is 1.70 bits per heavy atom. The summed E-state index contributed by atoms with van der Waals surface area (Å²) in [5.41, 5.74) is 3.55. The van der Waals surface area contributed by atoms with Crippen molar-refractivity contribution in [3.05, 3.63) is 53.0 Å². The number of nitrogens with one attached hydrogen (secondary N) is 2. The number of nitrogens with zero attached hydrogens (tertiary/aromatic N) is 4. The van der Waals surface area contributed by atoms with E-state index in [1.165, 1.54) is 19.3 Å². The fourth-order valence-corrected chi connectivity index (χ4v) is 3.64. The van der Waals surface area contributed by atoms with Gasteiger partial charge >= 0.3 is 0 Å². The van der Waals surface area contributed by atoms with E-state index in [2.05, 4.69) is 25.7 Å². The lowest BCUT2D eigenvalue weighted by atomic mass is 10.1. The molecule has 30 heavy (non-hydrogen) atoms. The van der Waals surface area contributed by atoms with Crippen LogP contribution < -0.4 is 15.5 Å². The Labute approximate surface area is 175 Å². The second kappa shape index (κ2) is 8.52. The first-order valence-electron chi connectivity index (χ1n) is 10.2. The zero-order chi connectivity index (χ0) is 21.1. The second-order valence-electron chi connectivity index (χ2n) is 7.60. The molecule has 2 aromatic heterocycles. The van der Waals surface area contributed by atoms with Gasteiger partial charge in [0.1, 0.15) is 17.1 Å². The maximum atomic E-state index is 12.5. The SMILES string of the molecule is Cc1cc(Nc2ccc(NC(=O)c3c(C)noc3C)cc2)nc(N2CCCCC2)n1. The number of amides is 1. The third-order valence-electron chi connectivity index (χ3n) is 5.16. The van der Waals surface area contributed by atoms with Crippen molar-refractivity contribution >= 4 is 29.0 Å². The van der Waals surface area contributed by atoms with E-state index in [-0.39, 0.29) is 5.91 Å². The largest absolute Gasteiger partial charge is 0.361 e. The monoisotopic (exact) mass is 406 g/mol. The molecule has 4 rings (SSSR count). The van der Waals surface area contributed by atoms with E-state index >= 15 is 0 Å². The number of hydrogen-bond acceptors (Lipinski definition) is 7. The molecule has 0 atom stereocenters. The predicted molar refractivity (Wildman–Crippen MR) is 116 cm³/mol. The lowest BCUT2D eigenvalue weighted by molar-refractivity contribution is 0.102. The number of aromatic nitrogens is 3. The van der Waals surface area contributed by atoms with Crippen molar-refractivity contribution in [2.24, 2.45) is 0 Å². The van der Waals surface area contributed by atoms with Gasteiger partial charge in [-0.3, -0.25) is 4.79 Å². The molecular weight excluding hydrogens is 380 g/mol. The molecule has 1 saturated heterocycles. The number of carbonyl (C=O) groups is 1. The molecule has 0 unspecified atom stereocenters. The van der Waals surface area contributed by atoms with Gasteiger partial charge in [-0.05, 0) is 64.3 Å². The molecule has 0 bridgehead atoms. The molecule has 1 aliphatic heterocycles. The minimum Gasteiger partial charge on any atom is -0.361 e. The van der Waals surface area contributed by atoms with E-state index in [1.807, 2.05) is 37.3 Å². The molecule has 8 heteroatoms. The van der Waals surface area contributed by atoms with Gasteiger partial charge in [0.15, 0.2) is 0 Å². The highest BCUT2D eigenvalue weighted by molar-refractivity contribution is 6.05.